The van der Waals surface area contributed by atoms with E-state index in [-0.39, 0.29) is 18.7 Å². The van der Waals surface area contributed by atoms with Crippen LogP contribution in [-0.4, -0.2) is 41.8 Å². The largest absolute Gasteiger partial charge is 0.491 e. The van der Waals surface area contributed by atoms with Gasteiger partial charge in [0.05, 0.1) is 34.0 Å². The predicted octanol–water partition coefficient (Wildman–Crippen LogP) is 6.64. The molecule has 7 heteroatoms. The summed E-state index contributed by atoms with van der Waals surface area (Å²) in [6.07, 6.45) is 0. The first-order valence-electron chi connectivity index (χ1n) is 12.1. The third kappa shape index (κ3) is 6.32. The van der Waals surface area contributed by atoms with Crippen LogP contribution in [0.1, 0.15) is 49.5 Å². The standard InChI is InChI=1S/C29H31Cl2N3O2/c1-20(22-6-4-21(17-32)5-7-22)33-14-15-34(28(18-33)23-8-10-24(30)11-9-23)27-13-12-25(16-26(27)31)36-19-29(2,3)35/h4-13,16,20,28,35H,14-15,18-19H2,1-3H3/t20-,28-/m0/s1. The fourth-order valence-electron chi connectivity index (χ4n) is 4.53. The lowest BCUT2D eigenvalue weighted by Crippen LogP contribution is -2.49. The van der Waals surface area contributed by atoms with E-state index in [1.165, 1.54) is 5.56 Å². The van der Waals surface area contributed by atoms with Gasteiger partial charge >= 0.3 is 0 Å². The number of benzene rings is 3. The Morgan fingerprint density at radius 1 is 1.06 bits per heavy atom. The summed E-state index contributed by atoms with van der Waals surface area (Å²) in [7, 11) is 0. The smallest absolute Gasteiger partial charge is 0.121 e. The van der Waals surface area contributed by atoms with Crippen molar-refractivity contribution in [3.8, 4) is 11.8 Å². The highest BCUT2D eigenvalue weighted by atomic mass is 35.5. The molecule has 3 aromatic carbocycles. The third-order valence-electron chi connectivity index (χ3n) is 6.56. The summed E-state index contributed by atoms with van der Waals surface area (Å²) >= 11 is 13.0. The van der Waals surface area contributed by atoms with Gasteiger partial charge in [-0.1, -0.05) is 47.5 Å². The number of hydrogen-bond acceptors (Lipinski definition) is 5. The molecule has 1 heterocycles. The summed E-state index contributed by atoms with van der Waals surface area (Å²) in [5.74, 6) is 0.627. The van der Waals surface area contributed by atoms with E-state index in [4.69, 9.17) is 33.2 Å². The fourth-order valence-corrected chi connectivity index (χ4v) is 4.94. The van der Waals surface area contributed by atoms with Crippen LogP contribution in [0.15, 0.2) is 66.7 Å². The highest BCUT2D eigenvalue weighted by Crippen LogP contribution is 2.39. The maximum atomic E-state index is 9.97. The van der Waals surface area contributed by atoms with Crippen LogP contribution in [0.5, 0.6) is 5.75 Å². The number of aliphatic hydroxyl groups is 1. The Kier molecular flexibility index (Phi) is 8.12. The molecule has 0 unspecified atom stereocenters. The molecule has 0 aromatic heterocycles. The van der Waals surface area contributed by atoms with Gasteiger partial charge in [-0.15, -0.1) is 0 Å². The summed E-state index contributed by atoms with van der Waals surface area (Å²) in [6, 6.07) is 24.0. The number of ether oxygens (including phenoxy) is 1. The molecule has 0 bridgehead atoms. The lowest BCUT2D eigenvalue weighted by Gasteiger charge is -2.45. The van der Waals surface area contributed by atoms with E-state index in [2.05, 4.69) is 34.9 Å². The van der Waals surface area contributed by atoms with Crippen LogP contribution < -0.4 is 9.64 Å². The second-order valence-electron chi connectivity index (χ2n) is 9.88. The zero-order valence-electron chi connectivity index (χ0n) is 20.8. The minimum absolute atomic E-state index is 0.0671. The second-order valence-corrected chi connectivity index (χ2v) is 10.7. The number of halogens is 2. The molecule has 2 atom stereocenters. The zero-order valence-corrected chi connectivity index (χ0v) is 22.3. The Bertz CT molecular complexity index is 1220. The molecule has 0 amide bonds. The first kappa shape index (κ1) is 26.3. The van der Waals surface area contributed by atoms with Gasteiger partial charge in [-0.2, -0.15) is 5.26 Å². The molecule has 0 spiro atoms. The highest BCUT2D eigenvalue weighted by molar-refractivity contribution is 6.33. The Balaban J connectivity index is 1.60. The van der Waals surface area contributed by atoms with Crippen molar-refractivity contribution in [2.45, 2.75) is 38.5 Å². The molecule has 0 radical (unpaired) electrons. The summed E-state index contributed by atoms with van der Waals surface area (Å²) < 4.78 is 5.74. The van der Waals surface area contributed by atoms with E-state index < -0.39 is 5.60 Å². The number of rotatable bonds is 7. The molecule has 1 fully saturated rings. The van der Waals surface area contributed by atoms with Crippen molar-refractivity contribution in [2.75, 3.05) is 31.1 Å². The number of anilines is 1. The maximum Gasteiger partial charge on any atom is 0.121 e. The lowest BCUT2D eigenvalue weighted by molar-refractivity contribution is 0.0285. The molecule has 0 aliphatic carbocycles. The van der Waals surface area contributed by atoms with E-state index in [1.54, 1.807) is 13.8 Å². The summed E-state index contributed by atoms with van der Waals surface area (Å²) in [5.41, 5.74) is 3.03. The Morgan fingerprint density at radius 3 is 2.36 bits per heavy atom. The van der Waals surface area contributed by atoms with Crippen molar-refractivity contribution in [1.82, 2.24) is 4.90 Å². The van der Waals surface area contributed by atoms with Crippen molar-refractivity contribution in [3.05, 3.63) is 93.5 Å². The van der Waals surface area contributed by atoms with Crippen molar-refractivity contribution in [3.63, 3.8) is 0 Å². The number of hydrogen-bond donors (Lipinski definition) is 1. The van der Waals surface area contributed by atoms with Crippen LogP contribution in [0.2, 0.25) is 10.0 Å². The Hall–Kier alpha value is -2.75. The molecule has 1 N–H and O–H groups in total. The molecule has 188 valence electrons. The summed E-state index contributed by atoms with van der Waals surface area (Å²) in [5, 5.41) is 20.4. The monoisotopic (exact) mass is 523 g/mol. The topological polar surface area (TPSA) is 59.7 Å². The van der Waals surface area contributed by atoms with Crippen molar-refractivity contribution >= 4 is 28.9 Å². The molecule has 1 aliphatic heterocycles. The normalized spacial score (nSPS) is 17.5. The second kappa shape index (κ2) is 11.1. The quantitative estimate of drug-likeness (QED) is 0.376. The van der Waals surface area contributed by atoms with E-state index in [9.17, 15) is 5.11 Å². The molecule has 4 rings (SSSR count). The molecular formula is C29H31Cl2N3O2. The number of nitriles is 1. The van der Waals surface area contributed by atoms with E-state index in [1.807, 2.05) is 54.6 Å². The van der Waals surface area contributed by atoms with Crippen LogP contribution in [0.4, 0.5) is 5.69 Å². The summed E-state index contributed by atoms with van der Waals surface area (Å²) in [4.78, 5) is 4.80. The third-order valence-corrected chi connectivity index (χ3v) is 7.11. The van der Waals surface area contributed by atoms with Crippen molar-refractivity contribution in [1.29, 1.82) is 5.26 Å². The minimum atomic E-state index is -0.924. The highest BCUT2D eigenvalue weighted by Gasteiger charge is 2.32. The lowest BCUT2D eigenvalue weighted by atomic mass is 9.98. The van der Waals surface area contributed by atoms with E-state index in [0.717, 1.165) is 30.9 Å². The molecule has 36 heavy (non-hydrogen) atoms. The van der Waals surface area contributed by atoms with Crippen LogP contribution in [0, 0.1) is 11.3 Å². The molecule has 5 nitrogen and oxygen atoms in total. The van der Waals surface area contributed by atoms with Gasteiger partial charge in [-0.05, 0) is 68.3 Å². The van der Waals surface area contributed by atoms with Gasteiger partial charge < -0.3 is 14.7 Å². The van der Waals surface area contributed by atoms with E-state index >= 15 is 0 Å². The average molecular weight is 524 g/mol. The van der Waals surface area contributed by atoms with Crippen LogP contribution in [0.25, 0.3) is 0 Å². The Labute approximate surface area is 223 Å². The molecule has 0 saturated carbocycles. The Morgan fingerprint density at radius 2 is 1.75 bits per heavy atom. The van der Waals surface area contributed by atoms with Gasteiger partial charge in [-0.25, -0.2) is 0 Å². The van der Waals surface area contributed by atoms with Crippen LogP contribution in [0.3, 0.4) is 0 Å². The van der Waals surface area contributed by atoms with Gasteiger partial charge in [0.15, 0.2) is 0 Å². The molecule has 1 saturated heterocycles. The summed E-state index contributed by atoms with van der Waals surface area (Å²) in [6.45, 7) is 8.25. The molecule has 1 aliphatic rings. The first-order chi connectivity index (χ1) is 17.1. The van der Waals surface area contributed by atoms with Gasteiger partial charge in [0, 0.05) is 36.8 Å². The van der Waals surface area contributed by atoms with Gasteiger partial charge in [-0.3, -0.25) is 4.90 Å². The first-order valence-corrected chi connectivity index (χ1v) is 12.8. The molecular weight excluding hydrogens is 493 g/mol. The zero-order chi connectivity index (χ0) is 25.9. The maximum absolute atomic E-state index is 9.97. The minimum Gasteiger partial charge on any atom is -0.491 e. The van der Waals surface area contributed by atoms with Gasteiger partial charge in [0.1, 0.15) is 12.4 Å². The molecule has 3 aromatic rings. The van der Waals surface area contributed by atoms with Crippen molar-refractivity contribution < 1.29 is 9.84 Å². The SMILES string of the molecule is C[C@@H](c1ccc(C#N)cc1)N1CCN(c2ccc(OCC(C)(C)O)cc2Cl)[C@H](c2ccc(Cl)cc2)C1. The van der Waals surface area contributed by atoms with Crippen LogP contribution >= 0.6 is 23.2 Å². The predicted molar refractivity (Wildman–Crippen MR) is 146 cm³/mol. The van der Waals surface area contributed by atoms with E-state index in [0.29, 0.717) is 21.4 Å². The van der Waals surface area contributed by atoms with Crippen LogP contribution in [-0.2, 0) is 0 Å². The van der Waals surface area contributed by atoms with Gasteiger partial charge in [0.25, 0.3) is 0 Å². The number of nitrogens with zero attached hydrogens (tertiary/aromatic N) is 3. The number of piperazine rings is 1. The fraction of sp³-hybridized carbons (Fsp3) is 0.345. The average Bonchev–Trinajstić information content (AvgIpc) is 2.87. The van der Waals surface area contributed by atoms with Crippen molar-refractivity contribution in [2.24, 2.45) is 0 Å². The van der Waals surface area contributed by atoms with Gasteiger partial charge in [0.2, 0.25) is 0 Å².